The first kappa shape index (κ1) is 16.1. The molecule has 0 fully saturated rings. The molecule has 0 spiro atoms. The summed E-state index contributed by atoms with van der Waals surface area (Å²) in [5.41, 5.74) is 1.38. The first-order valence-corrected chi connectivity index (χ1v) is 7.89. The minimum atomic E-state index is 0.366. The summed E-state index contributed by atoms with van der Waals surface area (Å²) in [5, 5.41) is 9.39. The first-order chi connectivity index (χ1) is 9.10. The van der Waals surface area contributed by atoms with E-state index < -0.39 is 0 Å². The second-order valence-electron chi connectivity index (χ2n) is 5.96. The molecule has 0 aromatic heterocycles. The molecule has 0 bridgehead atoms. The van der Waals surface area contributed by atoms with E-state index in [-0.39, 0.29) is 0 Å². The molecule has 0 aliphatic heterocycles. The molecule has 1 rings (SSSR count). The summed E-state index contributed by atoms with van der Waals surface area (Å²) in [5.74, 6) is 2.66. The highest BCUT2D eigenvalue weighted by Crippen LogP contribution is 2.32. The van der Waals surface area contributed by atoms with Gasteiger partial charge in [-0.05, 0) is 54.7 Å². The van der Waals surface area contributed by atoms with Gasteiger partial charge in [-0.3, -0.25) is 0 Å². The zero-order valence-electron chi connectivity index (χ0n) is 13.0. The molecule has 0 radical (unpaired) electrons. The largest absolute Gasteiger partial charge is 0.508 e. The lowest BCUT2D eigenvalue weighted by molar-refractivity contribution is 0.329. The van der Waals surface area contributed by atoms with Crippen molar-refractivity contribution in [1.82, 2.24) is 0 Å². The number of phenolic OH excluding ortho intramolecular Hbond substituents is 1. The zero-order chi connectivity index (χ0) is 14.3. The van der Waals surface area contributed by atoms with Crippen molar-refractivity contribution < 1.29 is 5.11 Å². The fraction of sp³-hybridized carbons (Fsp3) is 0.667. The number of hydrogen-bond acceptors (Lipinski definition) is 1. The summed E-state index contributed by atoms with van der Waals surface area (Å²) in [6, 6.07) is 7.79. The Balaban J connectivity index is 2.66. The Morgan fingerprint density at radius 3 is 2.00 bits per heavy atom. The van der Waals surface area contributed by atoms with Gasteiger partial charge in [0.1, 0.15) is 5.75 Å². The molecule has 0 saturated carbocycles. The Hall–Kier alpha value is -0.980. The Labute approximate surface area is 119 Å². The first-order valence-electron chi connectivity index (χ1n) is 7.89. The monoisotopic (exact) mass is 262 g/mol. The third kappa shape index (κ3) is 5.26. The van der Waals surface area contributed by atoms with Gasteiger partial charge >= 0.3 is 0 Å². The van der Waals surface area contributed by atoms with E-state index in [4.69, 9.17) is 0 Å². The van der Waals surface area contributed by atoms with Gasteiger partial charge in [-0.15, -0.1) is 0 Å². The number of hydrogen-bond donors (Lipinski definition) is 1. The number of benzene rings is 1. The molecular formula is C18H30O. The third-order valence-electron chi connectivity index (χ3n) is 4.49. The van der Waals surface area contributed by atoms with Gasteiger partial charge in [0.2, 0.25) is 0 Å². The van der Waals surface area contributed by atoms with E-state index in [1.54, 1.807) is 0 Å². The second kappa shape index (κ2) is 8.24. The van der Waals surface area contributed by atoms with Gasteiger partial charge in [-0.1, -0.05) is 52.7 Å². The van der Waals surface area contributed by atoms with E-state index in [2.05, 4.69) is 39.8 Å². The van der Waals surface area contributed by atoms with Gasteiger partial charge in [0.25, 0.3) is 0 Å². The van der Waals surface area contributed by atoms with E-state index in [0.717, 1.165) is 11.8 Å². The van der Waals surface area contributed by atoms with Crippen molar-refractivity contribution in [1.29, 1.82) is 0 Å². The minimum Gasteiger partial charge on any atom is -0.508 e. The van der Waals surface area contributed by atoms with E-state index >= 15 is 0 Å². The van der Waals surface area contributed by atoms with Crippen LogP contribution in [-0.4, -0.2) is 5.11 Å². The maximum absolute atomic E-state index is 9.39. The van der Waals surface area contributed by atoms with E-state index in [0.29, 0.717) is 11.7 Å². The summed E-state index contributed by atoms with van der Waals surface area (Å²) >= 11 is 0. The topological polar surface area (TPSA) is 20.2 Å². The smallest absolute Gasteiger partial charge is 0.115 e. The van der Waals surface area contributed by atoms with Crippen molar-refractivity contribution in [2.24, 2.45) is 11.8 Å². The third-order valence-corrected chi connectivity index (χ3v) is 4.49. The van der Waals surface area contributed by atoms with E-state index in [1.807, 2.05) is 12.1 Å². The van der Waals surface area contributed by atoms with Crippen molar-refractivity contribution >= 4 is 0 Å². The van der Waals surface area contributed by atoms with Crippen LogP contribution in [0.4, 0.5) is 0 Å². The number of phenols is 1. The standard InChI is InChI=1S/C18H30O/c1-5-14(4)12-15(6-2)13-16(7-3)17-8-10-18(19)11-9-17/h8-11,14-16,19H,5-7,12-13H2,1-4H3. The summed E-state index contributed by atoms with van der Waals surface area (Å²) in [6.45, 7) is 9.24. The molecule has 1 nitrogen and oxygen atoms in total. The van der Waals surface area contributed by atoms with E-state index in [9.17, 15) is 5.11 Å². The molecule has 0 aliphatic carbocycles. The van der Waals surface area contributed by atoms with Crippen molar-refractivity contribution in [3.05, 3.63) is 29.8 Å². The van der Waals surface area contributed by atoms with Crippen LogP contribution in [0, 0.1) is 11.8 Å². The summed E-state index contributed by atoms with van der Waals surface area (Å²) in [7, 11) is 0. The van der Waals surface area contributed by atoms with Crippen LogP contribution in [0.2, 0.25) is 0 Å². The van der Waals surface area contributed by atoms with Crippen LogP contribution in [0.5, 0.6) is 5.75 Å². The molecule has 108 valence electrons. The second-order valence-corrected chi connectivity index (χ2v) is 5.96. The molecule has 0 aliphatic rings. The molecule has 1 heteroatoms. The quantitative estimate of drug-likeness (QED) is 0.633. The maximum atomic E-state index is 9.39. The van der Waals surface area contributed by atoms with Crippen LogP contribution in [0.25, 0.3) is 0 Å². The molecule has 0 saturated heterocycles. The van der Waals surface area contributed by atoms with Crippen molar-refractivity contribution in [2.45, 2.75) is 65.7 Å². The SMILES string of the molecule is CCC(C)CC(CC)CC(CC)c1ccc(O)cc1. The van der Waals surface area contributed by atoms with Crippen molar-refractivity contribution in [3.8, 4) is 5.75 Å². The van der Waals surface area contributed by atoms with Gasteiger partial charge in [0.15, 0.2) is 0 Å². The Morgan fingerprint density at radius 2 is 1.53 bits per heavy atom. The maximum Gasteiger partial charge on any atom is 0.115 e. The van der Waals surface area contributed by atoms with E-state index in [1.165, 1.54) is 37.7 Å². The lowest BCUT2D eigenvalue weighted by atomic mass is 9.81. The normalized spacial score (nSPS) is 16.0. The van der Waals surface area contributed by atoms with Crippen LogP contribution in [0.15, 0.2) is 24.3 Å². The van der Waals surface area contributed by atoms with Crippen molar-refractivity contribution in [3.63, 3.8) is 0 Å². The van der Waals surface area contributed by atoms with Crippen LogP contribution >= 0.6 is 0 Å². The highest BCUT2D eigenvalue weighted by molar-refractivity contribution is 5.28. The predicted octanol–water partition coefficient (Wildman–Crippen LogP) is 5.74. The lowest BCUT2D eigenvalue weighted by Crippen LogP contribution is -2.10. The zero-order valence-corrected chi connectivity index (χ0v) is 13.0. The van der Waals surface area contributed by atoms with Crippen molar-refractivity contribution in [2.75, 3.05) is 0 Å². The highest BCUT2D eigenvalue weighted by Gasteiger charge is 2.17. The molecule has 19 heavy (non-hydrogen) atoms. The summed E-state index contributed by atoms with van der Waals surface area (Å²) < 4.78 is 0. The Kier molecular flexibility index (Phi) is 6.97. The molecule has 0 heterocycles. The van der Waals surface area contributed by atoms with Crippen LogP contribution in [0.1, 0.15) is 71.3 Å². The van der Waals surface area contributed by atoms with Gasteiger partial charge in [-0.25, -0.2) is 0 Å². The van der Waals surface area contributed by atoms with Crippen LogP contribution < -0.4 is 0 Å². The number of rotatable bonds is 8. The van der Waals surface area contributed by atoms with Gasteiger partial charge < -0.3 is 5.11 Å². The molecule has 1 N–H and O–H groups in total. The summed E-state index contributed by atoms with van der Waals surface area (Å²) in [4.78, 5) is 0. The average Bonchev–Trinajstić information content (AvgIpc) is 2.44. The molecule has 1 aromatic rings. The fourth-order valence-electron chi connectivity index (χ4n) is 2.85. The van der Waals surface area contributed by atoms with Gasteiger partial charge in [-0.2, -0.15) is 0 Å². The Bertz CT molecular complexity index is 341. The van der Waals surface area contributed by atoms with Gasteiger partial charge in [0, 0.05) is 0 Å². The predicted molar refractivity (Wildman–Crippen MR) is 83.6 cm³/mol. The fourth-order valence-corrected chi connectivity index (χ4v) is 2.85. The lowest BCUT2D eigenvalue weighted by Gasteiger charge is -2.24. The summed E-state index contributed by atoms with van der Waals surface area (Å²) in [6.07, 6.45) is 6.37. The van der Waals surface area contributed by atoms with Crippen LogP contribution in [-0.2, 0) is 0 Å². The molecule has 3 unspecified atom stereocenters. The molecule has 3 atom stereocenters. The Morgan fingerprint density at radius 1 is 0.895 bits per heavy atom. The molecular weight excluding hydrogens is 232 g/mol. The average molecular weight is 262 g/mol. The number of aromatic hydroxyl groups is 1. The van der Waals surface area contributed by atoms with Gasteiger partial charge in [0.05, 0.1) is 0 Å². The molecule has 0 amide bonds. The molecule has 1 aromatic carbocycles. The van der Waals surface area contributed by atoms with Crippen LogP contribution in [0.3, 0.4) is 0 Å². The highest BCUT2D eigenvalue weighted by atomic mass is 16.3. The minimum absolute atomic E-state index is 0.366.